The molecule has 10 heteroatoms. The number of halogens is 4. The number of nitrogens with zero attached hydrogens (tertiary/aromatic N) is 1. The number of fused-ring (bicyclic) bond motifs is 1. The van der Waals surface area contributed by atoms with Crippen molar-refractivity contribution in [1.82, 2.24) is 4.98 Å². The summed E-state index contributed by atoms with van der Waals surface area (Å²) in [4.78, 5) is 17.0. The van der Waals surface area contributed by atoms with Gasteiger partial charge in [-0.25, -0.2) is 4.98 Å². The highest BCUT2D eigenvalue weighted by atomic mass is 35.5. The van der Waals surface area contributed by atoms with Gasteiger partial charge < -0.3 is 9.15 Å². The number of methoxy groups -OCH3 is 1. The first-order valence-electron chi connectivity index (χ1n) is 9.58. The van der Waals surface area contributed by atoms with Gasteiger partial charge in [0.2, 0.25) is 5.91 Å². The largest absolute Gasteiger partial charge is 0.497 e. The van der Waals surface area contributed by atoms with Crippen molar-refractivity contribution in [2.45, 2.75) is 12.6 Å². The Morgan fingerprint density at radius 2 is 2.06 bits per heavy atom. The summed E-state index contributed by atoms with van der Waals surface area (Å²) < 4.78 is 49.7. The second kappa shape index (κ2) is 9.29. The van der Waals surface area contributed by atoms with Crippen LogP contribution in [0.25, 0.3) is 17.0 Å². The zero-order valence-corrected chi connectivity index (χ0v) is 18.6. The minimum absolute atomic E-state index is 0.161. The Balaban J connectivity index is 1.41. The van der Waals surface area contributed by atoms with E-state index in [4.69, 9.17) is 20.8 Å². The van der Waals surface area contributed by atoms with Crippen LogP contribution in [-0.2, 0) is 17.4 Å². The molecular weight excluding hydrogens is 477 g/mol. The van der Waals surface area contributed by atoms with Crippen molar-refractivity contribution in [1.29, 1.82) is 0 Å². The molecule has 0 saturated heterocycles. The number of amides is 1. The van der Waals surface area contributed by atoms with E-state index in [9.17, 15) is 18.0 Å². The molecule has 33 heavy (non-hydrogen) atoms. The van der Waals surface area contributed by atoms with Crippen molar-refractivity contribution < 1.29 is 27.1 Å². The summed E-state index contributed by atoms with van der Waals surface area (Å²) >= 11 is 7.21. The quantitative estimate of drug-likeness (QED) is 0.300. The van der Waals surface area contributed by atoms with E-state index < -0.39 is 17.6 Å². The zero-order chi connectivity index (χ0) is 23.6. The highest BCUT2D eigenvalue weighted by molar-refractivity contribution is 7.15. The number of furan rings is 1. The van der Waals surface area contributed by atoms with Gasteiger partial charge in [-0.15, -0.1) is 11.3 Å². The van der Waals surface area contributed by atoms with E-state index in [1.807, 2.05) is 6.07 Å². The fourth-order valence-corrected chi connectivity index (χ4v) is 4.10. The number of aromatic nitrogens is 1. The molecule has 5 nitrogen and oxygen atoms in total. The maximum absolute atomic E-state index is 13.0. The maximum atomic E-state index is 13.0. The van der Waals surface area contributed by atoms with Gasteiger partial charge in [-0.05, 0) is 54.1 Å². The lowest BCUT2D eigenvalue weighted by Gasteiger charge is -2.09. The van der Waals surface area contributed by atoms with Crippen LogP contribution in [0.1, 0.15) is 21.8 Å². The molecule has 0 saturated carbocycles. The lowest BCUT2D eigenvalue weighted by Crippen LogP contribution is -2.07. The lowest BCUT2D eigenvalue weighted by atomic mass is 10.1. The van der Waals surface area contributed by atoms with Gasteiger partial charge in [0.25, 0.3) is 0 Å². The third-order valence-corrected chi connectivity index (χ3v) is 5.94. The first-order chi connectivity index (χ1) is 15.7. The molecule has 2 aromatic heterocycles. The summed E-state index contributed by atoms with van der Waals surface area (Å²) in [5.41, 5.74) is 0.220. The van der Waals surface area contributed by atoms with Gasteiger partial charge in [0, 0.05) is 34.0 Å². The first-order valence-corrected chi connectivity index (χ1v) is 10.8. The summed E-state index contributed by atoms with van der Waals surface area (Å²) in [5.74, 6) is 0.765. The zero-order valence-electron chi connectivity index (χ0n) is 17.1. The Bertz CT molecular complexity index is 1340. The highest BCUT2D eigenvalue weighted by Gasteiger charge is 2.30. The molecule has 0 bridgehead atoms. The number of anilines is 1. The molecule has 0 fully saturated rings. The molecule has 0 aliphatic carbocycles. The van der Waals surface area contributed by atoms with Gasteiger partial charge in [0.05, 0.1) is 12.7 Å². The third kappa shape index (κ3) is 5.55. The van der Waals surface area contributed by atoms with Crippen LogP contribution in [0.15, 0.2) is 59.2 Å². The van der Waals surface area contributed by atoms with Crippen LogP contribution in [0.2, 0.25) is 5.02 Å². The van der Waals surface area contributed by atoms with E-state index in [1.54, 1.807) is 25.3 Å². The SMILES string of the molecule is COc1ccc2oc(/C=C/C(=O)Nc3ncc(Cc4cc(C(F)(F)F)ccc4Cl)s3)cc2c1. The molecular formula is C23H16ClF3N2O3S. The minimum Gasteiger partial charge on any atom is -0.497 e. The maximum Gasteiger partial charge on any atom is 0.416 e. The van der Waals surface area contributed by atoms with E-state index in [0.29, 0.717) is 32.7 Å². The average molecular weight is 493 g/mol. The van der Waals surface area contributed by atoms with Crippen LogP contribution >= 0.6 is 22.9 Å². The first kappa shape index (κ1) is 22.9. The summed E-state index contributed by atoms with van der Waals surface area (Å²) in [6.07, 6.45) is 0.0324. The fourth-order valence-electron chi connectivity index (χ4n) is 3.08. The Hall–Kier alpha value is -3.30. The fraction of sp³-hybridized carbons (Fsp3) is 0.130. The Morgan fingerprint density at radius 1 is 1.24 bits per heavy atom. The Labute approximate surface area is 195 Å². The normalized spacial score (nSPS) is 11.9. The van der Waals surface area contributed by atoms with Crippen molar-refractivity contribution in [3.8, 4) is 5.75 Å². The molecule has 0 aliphatic rings. The van der Waals surface area contributed by atoms with Crippen molar-refractivity contribution in [2.24, 2.45) is 0 Å². The van der Waals surface area contributed by atoms with Crippen LogP contribution in [0, 0.1) is 0 Å². The number of carbonyl (C=O) groups excluding carboxylic acids is 1. The van der Waals surface area contributed by atoms with E-state index in [1.165, 1.54) is 24.4 Å². The van der Waals surface area contributed by atoms with Gasteiger partial charge in [-0.1, -0.05) is 11.6 Å². The van der Waals surface area contributed by atoms with E-state index in [0.717, 1.165) is 28.9 Å². The van der Waals surface area contributed by atoms with Gasteiger partial charge in [-0.2, -0.15) is 13.2 Å². The monoisotopic (exact) mass is 492 g/mol. The molecule has 0 spiro atoms. The minimum atomic E-state index is -4.45. The lowest BCUT2D eigenvalue weighted by molar-refractivity contribution is -0.137. The standard InChI is InChI=1S/C23H16ClF3N2O3S/c1-31-16-3-6-20-14(9-16)10-17(32-20)4-7-21(30)29-22-28-12-18(33-22)11-13-8-15(23(25,26)27)2-5-19(13)24/h2-10,12H,11H2,1H3,(H,28,29,30)/b7-4+. The predicted octanol–water partition coefficient (Wildman–Crippen LogP) is 6.81. The molecule has 0 atom stereocenters. The highest BCUT2D eigenvalue weighted by Crippen LogP contribution is 2.33. The number of alkyl halides is 3. The second-order valence-electron chi connectivity index (χ2n) is 6.99. The topological polar surface area (TPSA) is 64.4 Å². The third-order valence-electron chi connectivity index (χ3n) is 4.66. The summed E-state index contributed by atoms with van der Waals surface area (Å²) in [5, 5.41) is 4.01. The Kier molecular flexibility index (Phi) is 6.44. The van der Waals surface area contributed by atoms with Gasteiger partial charge in [-0.3, -0.25) is 10.1 Å². The van der Waals surface area contributed by atoms with Crippen LogP contribution in [0.5, 0.6) is 5.75 Å². The van der Waals surface area contributed by atoms with E-state index in [-0.39, 0.29) is 11.4 Å². The number of carbonyl (C=O) groups is 1. The number of hydrogen-bond acceptors (Lipinski definition) is 5. The molecule has 1 amide bonds. The molecule has 1 N–H and O–H groups in total. The smallest absolute Gasteiger partial charge is 0.416 e. The van der Waals surface area contributed by atoms with Crippen LogP contribution in [0.3, 0.4) is 0 Å². The van der Waals surface area contributed by atoms with Crippen molar-refractivity contribution >= 4 is 51.0 Å². The summed E-state index contributed by atoms with van der Waals surface area (Å²) in [6, 6.07) is 10.3. The number of hydrogen-bond donors (Lipinski definition) is 1. The van der Waals surface area contributed by atoms with Gasteiger partial charge in [0.15, 0.2) is 5.13 Å². The molecule has 2 heterocycles. The molecule has 0 radical (unpaired) electrons. The van der Waals surface area contributed by atoms with Gasteiger partial charge >= 0.3 is 6.18 Å². The number of rotatable bonds is 6. The predicted molar refractivity (Wildman–Crippen MR) is 122 cm³/mol. The average Bonchev–Trinajstić information content (AvgIpc) is 3.38. The van der Waals surface area contributed by atoms with Crippen LogP contribution < -0.4 is 10.1 Å². The molecule has 0 aliphatic heterocycles. The van der Waals surface area contributed by atoms with Crippen LogP contribution in [0.4, 0.5) is 18.3 Å². The van der Waals surface area contributed by atoms with E-state index in [2.05, 4.69) is 10.3 Å². The summed E-state index contributed by atoms with van der Waals surface area (Å²) in [6.45, 7) is 0. The Morgan fingerprint density at radius 3 is 2.82 bits per heavy atom. The number of nitrogens with one attached hydrogen (secondary N) is 1. The number of benzene rings is 2. The number of thiazole rings is 1. The van der Waals surface area contributed by atoms with Crippen molar-refractivity contribution in [2.75, 3.05) is 12.4 Å². The molecule has 4 aromatic rings. The number of ether oxygens (including phenoxy) is 1. The van der Waals surface area contributed by atoms with Crippen molar-refractivity contribution in [3.63, 3.8) is 0 Å². The van der Waals surface area contributed by atoms with Gasteiger partial charge in [0.1, 0.15) is 17.1 Å². The molecule has 2 aromatic carbocycles. The second-order valence-corrected chi connectivity index (χ2v) is 8.51. The van der Waals surface area contributed by atoms with Crippen LogP contribution in [-0.4, -0.2) is 18.0 Å². The summed E-state index contributed by atoms with van der Waals surface area (Å²) in [7, 11) is 1.57. The molecule has 4 rings (SSSR count). The van der Waals surface area contributed by atoms with E-state index >= 15 is 0 Å². The van der Waals surface area contributed by atoms with Crippen molar-refractivity contribution in [3.05, 3.63) is 81.5 Å². The molecule has 170 valence electrons. The molecule has 0 unspecified atom stereocenters.